The summed E-state index contributed by atoms with van der Waals surface area (Å²) in [4.78, 5) is 24.5. The van der Waals surface area contributed by atoms with Crippen LogP contribution in [0.2, 0.25) is 0 Å². The Morgan fingerprint density at radius 3 is 2.55 bits per heavy atom. The normalized spacial score (nSPS) is 10.3. The van der Waals surface area contributed by atoms with Crippen molar-refractivity contribution in [3.05, 3.63) is 47.3 Å². The van der Waals surface area contributed by atoms with E-state index in [2.05, 4.69) is 5.10 Å². The van der Waals surface area contributed by atoms with Crippen LogP contribution in [0, 0.1) is 6.92 Å². The molecular weight excluding hydrogens is 258 g/mol. The van der Waals surface area contributed by atoms with Crippen molar-refractivity contribution >= 4 is 11.9 Å². The van der Waals surface area contributed by atoms with Crippen LogP contribution in [0.15, 0.2) is 30.5 Å². The van der Waals surface area contributed by atoms with Gasteiger partial charge in [-0.25, -0.2) is 9.48 Å². The Labute approximate surface area is 116 Å². The molecule has 0 saturated heterocycles. The number of carboxylic acids is 1. The van der Waals surface area contributed by atoms with E-state index in [9.17, 15) is 14.7 Å². The summed E-state index contributed by atoms with van der Waals surface area (Å²) in [5, 5.41) is 13.4. The van der Waals surface area contributed by atoms with Gasteiger partial charge in [-0.15, -0.1) is 0 Å². The van der Waals surface area contributed by atoms with Crippen LogP contribution in [-0.4, -0.2) is 45.8 Å². The first-order valence-corrected chi connectivity index (χ1v) is 6.02. The number of rotatable bonds is 3. The number of carboxylic acid groups (broad SMARTS) is 1. The SMILES string of the molecule is Cc1ccc(C(=O)O)c(-n2ccc(C(=O)N(C)C)n2)c1. The number of hydrogen-bond donors (Lipinski definition) is 1. The summed E-state index contributed by atoms with van der Waals surface area (Å²) >= 11 is 0. The Hall–Kier alpha value is -2.63. The molecule has 1 aromatic carbocycles. The van der Waals surface area contributed by atoms with Gasteiger partial charge in [0.15, 0.2) is 5.69 Å². The number of aryl methyl sites for hydroxylation is 1. The minimum atomic E-state index is -1.03. The first-order chi connectivity index (χ1) is 9.40. The van der Waals surface area contributed by atoms with Gasteiger partial charge in [0.1, 0.15) is 0 Å². The van der Waals surface area contributed by atoms with E-state index < -0.39 is 5.97 Å². The van der Waals surface area contributed by atoms with Gasteiger partial charge in [0.05, 0.1) is 11.3 Å². The Kier molecular flexibility index (Phi) is 3.56. The summed E-state index contributed by atoms with van der Waals surface area (Å²) in [5.74, 6) is -1.26. The van der Waals surface area contributed by atoms with Crippen molar-refractivity contribution in [2.45, 2.75) is 6.92 Å². The van der Waals surface area contributed by atoms with E-state index >= 15 is 0 Å². The fourth-order valence-electron chi connectivity index (χ4n) is 1.81. The number of amides is 1. The lowest BCUT2D eigenvalue weighted by Gasteiger charge is -2.08. The molecule has 6 nitrogen and oxygen atoms in total. The highest BCUT2D eigenvalue weighted by Gasteiger charge is 2.16. The minimum absolute atomic E-state index is 0.141. The Balaban J connectivity index is 2.50. The summed E-state index contributed by atoms with van der Waals surface area (Å²) in [5.41, 5.74) is 1.77. The number of hydrogen-bond acceptors (Lipinski definition) is 3. The van der Waals surface area contributed by atoms with Crippen molar-refractivity contribution in [3.8, 4) is 5.69 Å². The van der Waals surface area contributed by atoms with Crippen molar-refractivity contribution in [1.82, 2.24) is 14.7 Å². The molecule has 0 fully saturated rings. The van der Waals surface area contributed by atoms with Gasteiger partial charge in [-0.1, -0.05) is 6.07 Å². The third kappa shape index (κ3) is 2.54. The van der Waals surface area contributed by atoms with Crippen molar-refractivity contribution < 1.29 is 14.7 Å². The molecule has 6 heteroatoms. The predicted molar refractivity (Wildman–Crippen MR) is 73.3 cm³/mol. The van der Waals surface area contributed by atoms with Crippen molar-refractivity contribution in [3.63, 3.8) is 0 Å². The fourth-order valence-corrected chi connectivity index (χ4v) is 1.81. The minimum Gasteiger partial charge on any atom is -0.478 e. The fraction of sp³-hybridized carbons (Fsp3) is 0.214. The molecule has 0 aliphatic carbocycles. The van der Waals surface area contributed by atoms with Crippen LogP contribution in [0.25, 0.3) is 5.69 Å². The van der Waals surface area contributed by atoms with Gasteiger partial charge < -0.3 is 10.0 Å². The molecule has 1 N–H and O–H groups in total. The first kappa shape index (κ1) is 13.8. The lowest BCUT2D eigenvalue weighted by Crippen LogP contribution is -2.22. The molecule has 1 amide bonds. The summed E-state index contributed by atoms with van der Waals surface area (Å²) < 4.78 is 1.41. The van der Waals surface area contributed by atoms with Crippen LogP contribution in [0.1, 0.15) is 26.4 Å². The maximum absolute atomic E-state index is 11.8. The van der Waals surface area contributed by atoms with E-state index in [1.54, 1.807) is 38.5 Å². The van der Waals surface area contributed by atoms with E-state index in [-0.39, 0.29) is 17.2 Å². The Morgan fingerprint density at radius 1 is 1.25 bits per heavy atom. The zero-order valence-corrected chi connectivity index (χ0v) is 11.5. The largest absolute Gasteiger partial charge is 0.478 e. The molecule has 2 rings (SSSR count). The molecule has 1 aromatic heterocycles. The van der Waals surface area contributed by atoms with Crippen LogP contribution in [-0.2, 0) is 0 Å². The molecule has 1 heterocycles. The molecule has 0 aliphatic rings. The van der Waals surface area contributed by atoms with Gasteiger partial charge in [-0.2, -0.15) is 5.10 Å². The van der Waals surface area contributed by atoms with Gasteiger partial charge in [-0.3, -0.25) is 4.79 Å². The third-order valence-electron chi connectivity index (χ3n) is 2.84. The molecule has 0 bridgehead atoms. The summed E-state index contributed by atoms with van der Waals surface area (Å²) in [6.45, 7) is 1.87. The number of aromatic nitrogens is 2. The quantitative estimate of drug-likeness (QED) is 0.921. The standard InChI is InChI=1S/C14H15N3O3/c1-9-4-5-10(14(19)20)12(8-9)17-7-6-11(15-17)13(18)16(2)3/h4-8H,1-3H3,(H,19,20). The lowest BCUT2D eigenvalue weighted by molar-refractivity contribution is 0.0696. The van der Waals surface area contributed by atoms with Crippen LogP contribution >= 0.6 is 0 Å². The molecule has 0 atom stereocenters. The lowest BCUT2D eigenvalue weighted by atomic mass is 10.1. The van der Waals surface area contributed by atoms with Crippen molar-refractivity contribution in [2.24, 2.45) is 0 Å². The summed E-state index contributed by atoms with van der Waals surface area (Å²) in [7, 11) is 3.27. The zero-order chi connectivity index (χ0) is 14.9. The highest BCUT2D eigenvalue weighted by Crippen LogP contribution is 2.17. The maximum atomic E-state index is 11.8. The second kappa shape index (κ2) is 5.16. The third-order valence-corrected chi connectivity index (χ3v) is 2.84. The smallest absolute Gasteiger partial charge is 0.337 e. The number of nitrogens with zero attached hydrogens (tertiary/aromatic N) is 3. The van der Waals surface area contributed by atoms with E-state index in [4.69, 9.17) is 0 Å². The van der Waals surface area contributed by atoms with Crippen molar-refractivity contribution in [2.75, 3.05) is 14.1 Å². The first-order valence-electron chi connectivity index (χ1n) is 6.02. The van der Waals surface area contributed by atoms with Gasteiger partial charge in [-0.05, 0) is 30.7 Å². The second-order valence-corrected chi connectivity index (χ2v) is 4.67. The maximum Gasteiger partial charge on any atom is 0.337 e. The second-order valence-electron chi connectivity index (χ2n) is 4.67. The monoisotopic (exact) mass is 273 g/mol. The number of carbonyl (C=O) groups excluding carboxylic acids is 1. The number of carbonyl (C=O) groups is 2. The Bertz CT molecular complexity index is 674. The predicted octanol–water partition coefficient (Wildman–Crippen LogP) is 1.58. The average molecular weight is 273 g/mol. The van der Waals surface area contributed by atoms with E-state index in [1.165, 1.54) is 15.6 Å². The van der Waals surface area contributed by atoms with Gasteiger partial charge >= 0.3 is 5.97 Å². The summed E-state index contributed by atoms with van der Waals surface area (Å²) in [6.07, 6.45) is 1.58. The molecule has 0 spiro atoms. The molecule has 20 heavy (non-hydrogen) atoms. The highest BCUT2D eigenvalue weighted by atomic mass is 16.4. The molecule has 0 unspecified atom stereocenters. The van der Waals surface area contributed by atoms with Crippen LogP contribution in [0.5, 0.6) is 0 Å². The highest BCUT2D eigenvalue weighted by molar-refractivity contribution is 5.93. The molecular formula is C14H15N3O3. The average Bonchev–Trinajstić information content (AvgIpc) is 2.86. The number of aromatic carboxylic acids is 1. The van der Waals surface area contributed by atoms with E-state index in [0.717, 1.165) is 5.56 Å². The van der Waals surface area contributed by atoms with Crippen LogP contribution in [0.4, 0.5) is 0 Å². The van der Waals surface area contributed by atoms with Crippen LogP contribution < -0.4 is 0 Å². The van der Waals surface area contributed by atoms with Gasteiger partial charge in [0, 0.05) is 20.3 Å². The zero-order valence-electron chi connectivity index (χ0n) is 11.5. The molecule has 2 aromatic rings. The van der Waals surface area contributed by atoms with Crippen molar-refractivity contribution in [1.29, 1.82) is 0 Å². The topological polar surface area (TPSA) is 75.4 Å². The van der Waals surface area contributed by atoms with Gasteiger partial charge in [0.25, 0.3) is 5.91 Å². The molecule has 0 aliphatic heterocycles. The van der Waals surface area contributed by atoms with E-state index in [0.29, 0.717) is 5.69 Å². The molecule has 0 saturated carbocycles. The Morgan fingerprint density at radius 2 is 1.95 bits per heavy atom. The van der Waals surface area contributed by atoms with Gasteiger partial charge in [0.2, 0.25) is 0 Å². The summed E-state index contributed by atoms with van der Waals surface area (Å²) in [6, 6.07) is 6.54. The van der Waals surface area contributed by atoms with E-state index in [1.807, 2.05) is 6.92 Å². The molecule has 0 radical (unpaired) electrons. The van der Waals surface area contributed by atoms with Crippen LogP contribution in [0.3, 0.4) is 0 Å². The number of benzene rings is 1. The molecule has 104 valence electrons.